The normalized spacial score (nSPS) is 16.2. The minimum Gasteiger partial charge on any atom is -0.394 e. The third-order valence-corrected chi connectivity index (χ3v) is 8.14. The fourth-order valence-electron chi connectivity index (χ4n) is 3.12. The molecule has 0 radical (unpaired) electrons. The van der Waals surface area contributed by atoms with E-state index in [1.165, 1.54) is 19.2 Å². The lowest BCUT2D eigenvalue weighted by atomic mass is 10.2. The molecule has 0 amide bonds. The molecule has 0 spiro atoms. The molecule has 1 saturated carbocycles. The average molecular weight is 572 g/mol. The van der Waals surface area contributed by atoms with E-state index in [9.17, 15) is 22.7 Å². The first-order valence-corrected chi connectivity index (χ1v) is 11.9. The van der Waals surface area contributed by atoms with Crippen molar-refractivity contribution in [3.8, 4) is 0 Å². The Balaban J connectivity index is 2.01. The van der Waals surface area contributed by atoms with Gasteiger partial charge in [0.25, 0.3) is 5.56 Å². The van der Waals surface area contributed by atoms with Crippen LogP contribution in [0.25, 0.3) is 0 Å². The zero-order chi connectivity index (χ0) is 22.3. The van der Waals surface area contributed by atoms with Crippen molar-refractivity contribution in [3.05, 3.63) is 49.0 Å². The fraction of sp³-hybridized carbons (Fsp3) is 0.389. The van der Waals surface area contributed by atoms with Crippen LogP contribution in [0.5, 0.6) is 0 Å². The molecular formula is C18H20ClFIN3O5S. The molecule has 3 rings (SSSR count). The number of benzene rings is 1. The number of halogens is 3. The molecule has 1 aliphatic rings. The predicted octanol–water partition coefficient (Wildman–Crippen LogP) is 2.54. The SMILES string of the molecule is Cn1c(Nc2ccc(I)cc2F)c(NS(=O)(=O)C2(C[C@H](O)CO)CC2)cc(Cl)c1=O. The molecule has 30 heavy (non-hydrogen) atoms. The molecular weight excluding hydrogens is 552 g/mol. The van der Waals surface area contributed by atoms with Crippen LogP contribution in [0, 0.1) is 9.39 Å². The van der Waals surface area contributed by atoms with E-state index in [-0.39, 0.29) is 28.6 Å². The maximum atomic E-state index is 14.3. The first-order chi connectivity index (χ1) is 14.0. The third kappa shape index (κ3) is 4.59. The molecule has 1 aliphatic carbocycles. The second-order valence-corrected chi connectivity index (χ2v) is 10.9. The number of aliphatic hydroxyl groups excluding tert-OH is 2. The van der Waals surface area contributed by atoms with Gasteiger partial charge in [0.1, 0.15) is 16.7 Å². The molecule has 0 bridgehead atoms. The molecule has 4 N–H and O–H groups in total. The standard InChI is InChI=1S/C18H20ClFIN3O5S/c1-24-16(22-14-3-2-10(21)6-13(14)20)15(7-12(19)17(24)27)23-30(28,29)18(4-5-18)8-11(26)9-25/h2-3,6-7,11,22-23,25-26H,4-5,8-9H2,1H3/t11-/m0/s1. The summed E-state index contributed by atoms with van der Waals surface area (Å²) in [6.45, 7) is -0.554. The van der Waals surface area contributed by atoms with Crippen LogP contribution in [0.3, 0.4) is 0 Å². The number of nitrogens with one attached hydrogen (secondary N) is 2. The van der Waals surface area contributed by atoms with Gasteiger partial charge in [-0.25, -0.2) is 12.8 Å². The van der Waals surface area contributed by atoms with Crippen LogP contribution in [-0.2, 0) is 17.1 Å². The molecule has 0 saturated heterocycles. The van der Waals surface area contributed by atoms with Crippen LogP contribution in [0.1, 0.15) is 19.3 Å². The van der Waals surface area contributed by atoms with Gasteiger partial charge in [0.2, 0.25) is 10.0 Å². The molecule has 0 aliphatic heterocycles. The molecule has 164 valence electrons. The Morgan fingerprint density at radius 2 is 2.00 bits per heavy atom. The quantitative estimate of drug-likeness (QED) is 0.362. The van der Waals surface area contributed by atoms with E-state index in [0.717, 1.165) is 10.6 Å². The number of rotatable bonds is 8. The van der Waals surface area contributed by atoms with Gasteiger partial charge in [0.15, 0.2) is 0 Å². The van der Waals surface area contributed by atoms with Crippen molar-refractivity contribution in [2.45, 2.75) is 30.1 Å². The summed E-state index contributed by atoms with van der Waals surface area (Å²) >= 11 is 7.92. The summed E-state index contributed by atoms with van der Waals surface area (Å²) in [6, 6.07) is 5.57. The summed E-state index contributed by atoms with van der Waals surface area (Å²) in [5.41, 5.74) is -0.584. The van der Waals surface area contributed by atoms with Crippen LogP contribution in [0.4, 0.5) is 21.6 Å². The van der Waals surface area contributed by atoms with E-state index in [4.69, 9.17) is 16.7 Å². The number of aromatic nitrogens is 1. The molecule has 8 nitrogen and oxygen atoms in total. The molecule has 0 unspecified atom stereocenters. The second kappa shape index (κ2) is 8.61. The van der Waals surface area contributed by atoms with Crippen molar-refractivity contribution in [3.63, 3.8) is 0 Å². The van der Waals surface area contributed by atoms with Crippen LogP contribution in [0.15, 0.2) is 29.1 Å². The number of pyridine rings is 1. The molecule has 1 aromatic carbocycles. The van der Waals surface area contributed by atoms with Gasteiger partial charge in [-0.3, -0.25) is 14.1 Å². The highest BCUT2D eigenvalue weighted by Crippen LogP contribution is 2.48. The number of hydrogen-bond acceptors (Lipinski definition) is 6. The summed E-state index contributed by atoms with van der Waals surface area (Å²) in [6.07, 6.45) is -0.681. The Morgan fingerprint density at radius 1 is 1.33 bits per heavy atom. The number of nitrogens with zero attached hydrogens (tertiary/aromatic N) is 1. The molecule has 12 heteroatoms. The summed E-state index contributed by atoms with van der Waals surface area (Å²) in [7, 11) is -2.64. The smallest absolute Gasteiger partial charge is 0.270 e. The lowest BCUT2D eigenvalue weighted by Gasteiger charge is -2.22. The van der Waals surface area contributed by atoms with Gasteiger partial charge in [-0.2, -0.15) is 0 Å². The van der Waals surface area contributed by atoms with Gasteiger partial charge in [-0.1, -0.05) is 11.6 Å². The van der Waals surface area contributed by atoms with Crippen LogP contribution in [-0.4, -0.2) is 40.7 Å². The van der Waals surface area contributed by atoms with E-state index < -0.39 is 38.9 Å². The number of aliphatic hydroxyl groups is 2. The first-order valence-electron chi connectivity index (χ1n) is 8.92. The summed E-state index contributed by atoms with van der Waals surface area (Å²) in [4.78, 5) is 12.3. The molecule has 1 aromatic heterocycles. The van der Waals surface area contributed by atoms with E-state index in [2.05, 4.69) is 10.0 Å². The van der Waals surface area contributed by atoms with Gasteiger partial charge in [-0.15, -0.1) is 0 Å². The molecule has 1 heterocycles. The van der Waals surface area contributed by atoms with Crippen LogP contribution >= 0.6 is 34.2 Å². The lowest BCUT2D eigenvalue weighted by Crippen LogP contribution is -2.35. The van der Waals surface area contributed by atoms with Crippen molar-refractivity contribution in [1.29, 1.82) is 0 Å². The number of anilines is 3. The fourth-order valence-corrected chi connectivity index (χ4v) is 5.52. The van der Waals surface area contributed by atoms with E-state index in [0.29, 0.717) is 16.4 Å². The minimum atomic E-state index is -4.01. The van der Waals surface area contributed by atoms with Gasteiger partial charge >= 0.3 is 0 Å². The van der Waals surface area contributed by atoms with E-state index >= 15 is 0 Å². The van der Waals surface area contributed by atoms with Gasteiger partial charge in [0.05, 0.1) is 28.8 Å². The molecule has 1 atom stereocenters. The van der Waals surface area contributed by atoms with E-state index in [1.807, 2.05) is 22.6 Å². The average Bonchev–Trinajstić information content (AvgIpc) is 3.45. The van der Waals surface area contributed by atoms with Crippen LogP contribution < -0.4 is 15.6 Å². The topological polar surface area (TPSA) is 121 Å². The van der Waals surface area contributed by atoms with Crippen molar-refractivity contribution in [2.24, 2.45) is 7.05 Å². The minimum absolute atomic E-state index is 0.00610. The van der Waals surface area contributed by atoms with Crippen molar-refractivity contribution in [2.75, 3.05) is 16.6 Å². The highest BCUT2D eigenvalue weighted by molar-refractivity contribution is 14.1. The summed E-state index contributed by atoms with van der Waals surface area (Å²) in [5, 5.41) is 21.3. The van der Waals surface area contributed by atoms with E-state index in [1.54, 1.807) is 6.07 Å². The first kappa shape index (κ1) is 23.3. The molecule has 2 aromatic rings. The van der Waals surface area contributed by atoms with Crippen molar-refractivity contribution in [1.82, 2.24) is 4.57 Å². The Hall–Kier alpha value is -1.41. The van der Waals surface area contributed by atoms with Gasteiger partial charge in [0, 0.05) is 10.6 Å². The number of sulfonamides is 1. The van der Waals surface area contributed by atoms with Gasteiger partial charge in [-0.05, 0) is 66.1 Å². The zero-order valence-electron chi connectivity index (χ0n) is 15.8. The van der Waals surface area contributed by atoms with Crippen molar-refractivity contribution >= 4 is 61.4 Å². The van der Waals surface area contributed by atoms with Crippen molar-refractivity contribution < 1.29 is 23.0 Å². The Kier molecular flexibility index (Phi) is 6.68. The van der Waals surface area contributed by atoms with Crippen LogP contribution in [0.2, 0.25) is 5.02 Å². The Bertz CT molecular complexity index is 1140. The summed E-state index contributed by atoms with van der Waals surface area (Å²) in [5.74, 6) is -0.575. The lowest BCUT2D eigenvalue weighted by molar-refractivity contribution is 0.0858. The zero-order valence-corrected chi connectivity index (χ0v) is 19.6. The highest BCUT2D eigenvalue weighted by atomic mass is 127. The summed E-state index contributed by atoms with van der Waals surface area (Å²) < 4.78 is 43.3. The Labute approximate surface area is 191 Å². The monoisotopic (exact) mass is 571 g/mol. The third-order valence-electron chi connectivity index (χ3n) is 5.00. The Morgan fingerprint density at radius 3 is 2.57 bits per heavy atom. The largest absolute Gasteiger partial charge is 0.394 e. The van der Waals surface area contributed by atoms with Gasteiger partial charge < -0.3 is 15.5 Å². The highest BCUT2D eigenvalue weighted by Gasteiger charge is 2.55. The maximum Gasteiger partial charge on any atom is 0.270 e. The number of hydrogen-bond donors (Lipinski definition) is 4. The molecule has 1 fully saturated rings. The predicted molar refractivity (Wildman–Crippen MR) is 121 cm³/mol. The maximum absolute atomic E-state index is 14.3. The second-order valence-electron chi connectivity index (χ2n) is 7.20.